The number of esters is 1. The lowest BCUT2D eigenvalue weighted by atomic mass is 9.74. The number of ether oxygens (including phenoxy) is 1. The van der Waals surface area contributed by atoms with Crippen molar-refractivity contribution < 1.29 is 14.3 Å². The summed E-state index contributed by atoms with van der Waals surface area (Å²) in [4.78, 5) is 25.2. The molecule has 1 amide bonds. The van der Waals surface area contributed by atoms with Crippen LogP contribution in [0.3, 0.4) is 0 Å². The van der Waals surface area contributed by atoms with E-state index in [4.69, 9.17) is 5.73 Å². The third kappa shape index (κ3) is 3.70. The second-order valence-electron chi connectivity index (χ2n) is 5.96. The van der Waals surface area contributed by atoms with Crippen molar-refractivity contribution in [2.45, 2.75) is 40.2 Å². The van der Waals surface area contributed by atoms with Crippen molar-refractivity contribution in [2.24, 2.45) is 17.1 Å². The minimum Gasteiger partial charge on any atom is -0.469 e. The minimum atomic E-state index is -0.697. The van der Waals surface area contributed by atoms with Gasteiger partial charge in [-0.3, -0.25) is 9.59 Å². The molecule has 0 spiro atoms. The van der Waals surface area contributed by atoms with E-state index in [1.165, 1.54) is 12.0 Å². The lowest BCUT2D eigenvalue weighted by Gasteiger charge is -2.40. The van der Waals surface area contributed by atoms with Crippen molar-refractivity contribution in [1.29, 1.82) is 0 Å². The maximum absolute atomic E-state index is 12.4. The number of carbonyl (C=O) groups is 2. The molecule has 1 unspecified atom stereocenters. The second-order valence-corrected chi connectivity index (χ2v) is 5.96. The highest BCUT2D eigenvalue weighted by Gasteiger charge is 2.42. The summed E-state index contributed by atoms with van der Waals surface area (Å²) in [5.74, 6) is -0.745. The van der Waals surface area contributed by atoms with E-state index in [2.05, 4.69) is 4.74 Å². The molecule has 18 heavy (non-hydrogen) atoms. The SMILES string of the molecule is COC(=O)C(C)CN(C)C(=O)C(C)(C)C(C)(C)N. The zero-order valence-corrected chi connectivity index (χ0v) is 12.5. The highest BCUT2D eigenvalue weighted by atomic mass is 16.5. The lowest BCUT2D eigenvalue weighted by Crippen LogP contribution is -2.56. The Morgan fingerprint density at radius 2 is 1.72 bits per heavy atom. The van der Waals surface area contributed by atoms with Gasteiger partial charge in [0.1, 0.15) is 0 Å². The average Bonchev–Trinajstić information content (AvgIpc) is 2.24. The first-order valence-corrected chi connectivity index (χ1v) is 6.07. The van der Waals surface area contributed by atoms with Gasteiger partial charge in [-0.1, -0.05) is 6.92 Å². The van der Waals surface area contributed by atoms with E-state index in [0.29, 0.717) is 6.54 Å². The molecule has 0 rings (SSSR count). The molecular formula is C13H26N2O3. The van der Waals surface area contributed by atoms with E-state index in [9.17, 15) is 9.59 Å². The standard InChI is InChI=1S/C13H26N2O3/c1-9(10(16)18-7)8-15(6)11(17)12(2,3)13(4,5)14/h9H,8,14H2,1-7H3. The Bertz CT molecular complexity index is 319. The summed E-state index contributed by atoms with van der Waals surface area (Å²) >= 11 is 0. The van der Waals surface area contributed by atoms with Gasteiger partial charge in [-0.2, -0.15) is 0 Å². The summed E-state index contributed by atoms with van der Waals surface area (Å²) in [6.07, 6.45) is 0. The smallest absolute Gasteiger partial charge is 0.310 e. The Hall–Kier alpha value is -1.10. The summed E-state index contributed by atoms with van der Waals surface area (Å²) in [5, 5.41) is 0. The van der Waals surface area contributed by atoms with Gasteiger partial charge in [0.15, 0.2) is 0 Å². The molecule has 0 heterocycles. The van der Waals surface area contributed by atoms with Crippen LogP contribution in [-0.4, -0.2) is 43.0 Å². The Morgan fingerprint density at radius 1 is 1.28 bits per heavy atom. The zero-order valence-electron chi connectivity index (χ0n) is 12.5. The second kappa shape index (κ2) is 5.69. The summed E-state index contributed by atoms with van der Waals surface area (Å²) < 4.78 is 4.64. The van der Waals surface area contributed by atoms with Crippen LogP contribution in [-0.2, 0) is 14.3 Å². The third-order valence-corrected chi connectivity index (χ3v) is 3.64. The van der Waals surface area contributed by atoms with E-state index in [1.807, 2.05) is 27.7 Å². The molecule has 0 aliphatic heterocycles. The van der Waals surface area contributed by atoms with Gasteiger partial charge in [-0.15, -0.1) is 0 Å². The van der Waals surface area contributed by atoms with E-state index in [1.54, 1.807) is 14.0 Å². The first kappa shape index (κ1) is 16.9. The molecule has 0 bridgehead atoms. The van der Waals surface area contributed by atoms with E-state index in [0.717, 1.165) is 0 Å². The summed E-state index contributed by atoms with van der Waals surface area (Å²) in [6, 6.07) is 0. The van der Waals surface area contributed by atoms with Crippen LogP contribution in [0.5, 0.6) is 0 Å². The number of carbonyl (C=O) groups excluding carboxylic acids is 2. The maximum Gasteiger partial charge on any atom is 0.310 e. The Balaban J connectivity index is 4.77. The van der Waals surface area contributed by atoms with Gasteiger partial charge in [0.25, 0.3) is 0 Å². The molecule has 0 saturated heterocycles. The molecule has 0 radical (unpaired) electrons. The summed E-state index contributed by atoms with van der Waals surface area (Å²) in [7, 11) is 3.02. The van der Waals surface area contributed by atoms with Gasteiger partial charge in [-0.05, 0) is 27.7 Å². The highest BCUT2D eigenvalue weighted by Crippen LogP contribution is 2.30. The number of amides is 1. The zero-order chi connectivity index (χ0) is 14.7. The highest BCUT2D eigenvalue weighted by molar-refractivity contribution is 5.83. The number of nitrogens with zero attached hydrogens (tertiary/aromatic N) is 1. The van der Waals surface area contributed by atoms with Crippen molar-refractivity contribution in [1.82, 2.24) is 4.90 Å². The number of rotatable bonds is 5. The van der Waals surface area contributed by atoms with Crippen molar-refractivity contribution in [3.05, 3.63) is 0 Å². The Morgan fingerprint density at radius 3 is 2.06 bits per heavy atom. The Labute approximate surface area is 110 Å². The largest absolute Gasteiger partial charge is 0.469 e. The number of nitrogens with two attached hydrogens (primary N) is 1. The molecule has 2 N–H and O–H groups in total. The maximum atomic E-state index is 12.4. The van der Waals surface area contributed by atoms with E-state index < -0.39 is 11.0 Å². The predicted octanol–water partition coefficient (Wildman–Crippen LogP) is 1.02. The number of methoxy groups -OCH3 is 1. The summed E-state index contributed by atoms with van der Waals surface area (Å²) in [5.41, 5.74) is 4.70. The van der Waals surface area contributed by atoms with E-state index in [-0.39, 0.29) is 17.8 Å². The lowest BCUT2D eigenvalue weighted by molar-refractivity contribution is -0.148. The number of hydrogen-bond acceptors (Lipinski definition) is 4. The molecule has 0 fully saturated rings. The molecule has 0 aliphatic rings. The number of hydrogen-bond donors (Lipinski definition) is 1. The fourth-order valence-corrected chi connectivity index (χ4v) is 1.52. The van der Waals surface area contributed by atoms with Crippen LogP contribution in [0, 0.1) is 11.3 Å². The van der Waals surface area contributed by atoms with Gasteiger partial charge >= 0.3 is 5.97 Å². The van der Waals surface area contributed by atoms with Gasteiger partial charge in [-0.25, -0.2) is 0 Å². The van der Waals surface area contributed by atoms with Crippen molar-refractivity contribution in [3.8, 4) is 0 Å². The van der Waals surface area contributed by atoms with Gasteiger partial charge in [0.2, 0.25) is 5.91 Å². The van der Waals surface area contributed by atoms with Crippen LogP contribution >= 0.6 is 0 Å². The molecule has 0 aliphatic carbocycles. The summed E-state index contributed by atoms with van der Waals surface area (Å²) in [6.45, 7) is 9.33. The minimum absolute atomic E-state index is 0.0780. The molecule has 1 atom stereocenters. The predicted molar refractivity (Wildman–Crippen MR) is 70.9 cm³/mol. The normalized spacial score (nSPS) is 14.0. The molecule has 0 aromatic rings. The first-order valence-electron chi connectivity index (χ1n) is 6.07. The quantitative estimate of drug-likeness (QED) is 0.747. The molecule has 0 saturated carbocycles. The average molecular weight is 258 g/mol. The molecule has 0 aromatic heterocycles. The monoisotopic (exact) mass is 258 g/mol. The topological polar surface area (TPSA) is 72.6 Å². The van der Waals surface area contributed by atoms with E-state index >= 15 is 0 Å². The third-order valence-electron chi connectivity index (χ3n) is 3.64. The molecule has 0 aromatic carbocycles. The van der Waals surface area contributed by atoms with Crippen molar-refractivity contribution >= 4 is 11.9 Å². The van der Waals surface area contributed by atoms with Crippen LogP contribution < -0.4 is 5.73 Å². The first-order chi connectivity index (χ1) is 7.95. The van der Waals surface area contributed by atoms with Crippen LogP contribution in [0.1, 0.15) is 34.6 Å². The van der Waals surface area contributed by atoms with Gasteiger partial charge in [0.05, 0.1) is 18.4 Å². The fraction of sp³-hybridized carbons (Fsp3) is 0.846. The van der Waals surface area contributed by atoms with Crippen LogP contribution in [0.15, 0.2) is 0 Å². The van der Waals surface area contributed by atoms with Crippen LogP contribution in [0.4, 0.5) is 0 Å². The molecule has 5 heteroatoms. The Kier molecular flexibility index (Phi) is 5.35. The van der Waals surface area contributed by atoms with Crippen LogP contribution in [0.2, 0.25) is 0 Å². The molecule has 106 valence electrons. The molecular weight excluding hydrogens is 232 g/mol. The van der Waals surface area contributed by atoms with Crippen LogP contribution in [0.25, 0.3) is 0 Å². The van der Waals surface area contributed by atoms with Gasteiger partial charge < -0.3 is 15.4 Å². The van der Waals surface area contributed by atoms with Gasteiger partial charge in [0, 0.05) is 19.1 Å². The fourth-order valence-electron chi connectivity index (χ4n) is 1.52. The van der Waals surface area contributed by atoms with Crippen molar-refractivity contribution in [3.63, 3.8) is 0 Å². The molecule has 5 nitrogen and oxygen atoms in total. The van der Waals surface area contributed by atoms with Crippen molar-refractivity contribution in [2.75, 3.05) is 20.7 Å².